The maximum absolute atomic E-state index is 5.89. The van der Waals surface area contributed by atoms with Gasteiger partial charge in [0, 0.05) is 24.7 Å². The van der Waals surface area contributed by atoms with E-state index >= 15 is 0 Å². The Morgan fingerprint density at radius 1 is 1.50 bits per heavy atom. The zero-order valence-electron chi connectivity index (χ0n) is 9.20. The van der Waals surface area contributed by atoms with Crippen molar-refractivity contribution >= 4 is 22.9 Å². The highest BCUT2D eigenvalue weighted by Gasteiger charge is 2.04. The summed E-state index contributed by atoms with van der Waals surface area (Å²) in [5.41, 5.74) is 1.07. The van der Waals surface area contributed by atoms with E-state index in [4.69, 9.17) is 11.6 Å². The van der Waals surface area contributed by atoms with E-state index in [2.05, 4.69) is 20.7 Å². The van der Waals surface area contributed by atoms with Crippen LogP contribution >= 0.6 is 22.9 Å². The van der Waals surface area contributed by atoms with Gasteiger partial charge in [-0.05, 0) is 6.92 Å². The van der Waals surface area contributed by atoms with E-state index in [0.29, 0.717) is 11.7 Å². The quantitative estimate of drug-likeness (QED) is 0.911. The summed E-state index contributed by atoms with van der Waals surface area (Å²) in [4.78, 5) is 8.58. The van der Waals surface area contributed by atoms with Crippen LogP contribution in [-0.2, 0) is 20.1 Å². The Morgan fingerprint density at radius 3 is 2.88 bits per heavy atom. The third-order valence-electron chi connectivity index (χ3n) is 2.25. The van der Waals surface area contributed by atoms with Gasteiger partial charge in [0.15, 0.2) is 0 Å². The minimum Gasteiger partial charge on any atom is -0.321 e. The fourth-order valence-electron chi connectivity index (χ4n) is 1.35. The van der Waals surface area contributed by atoms with E-state index < -0.39 is 0 Å². The van der Waals surface area contributed by atoms with E-state index in [1.807, 2.05) is 18.5 Å². The Balaban J connectivity index is 1.86. The normalized spacial score (nSPS) is 10.9. The summed E-state index contributed by atoms with van der Waals surface area (Å²) in [6.07, 6.45) is 1.66. The molecule has 2 aromatic rings. The number of hydrogen-bond acceptors (Lipinski definition) is 4. The van der Waals surface area contributed by atoms with Crippen molar-refractivity contribution in [3.63, 3.8) is 0 Å². The zero-order chi connectivity index (χ0) is 11.5. The van der Waals surface area contributed by atoms with Crippen LogP contribution in [0.3, 0.4) is 0 Å². The van der Waals surface area contributed by atoms with Crippen molar-refractivity contribution in [3.8, 4) is 0 Å². The first kappa shape index (κ1) is 11.6. The highest BCUT2D eigenvalue weighted by atomic mass is 35.5. The van der Waals surface area contributed by atoms with E-state index in [1.165, 1.54) is 0 Å². The molecule has 2 aromatic heterocycles. The molecule has 0 bridgehead atoms. The monoisotopic (exact) mass is 256 g/mol. The molecular weight excluding hydrogens is 244 g/mol. The minimum absolute atomic E-state index is 0.655. The molecule has 16 heavy (non-hydrogen) atoms. The molecule has 0 aliphatic carbocycles. The van der Waals surface area contributed by atoms with Crippen molar-refractivity contribution in [2.24, 2.45) is 7.05 Å². The molecule has 0 saturated heterocycles. The summed E-state index contributed by atoms with van der Waals surface area (Å²) in [5, 5.41) is 7.09. The first-order valence-electron chi connectivity index (χ1n) is 4.94. The highest BCUT2D eigenvalue weighted by molar-refractivity contribution is 7.09. The first-order chi connectivity index (χ1) is 7.66. The van der Waals surface area contributed by atoms with Crippen LogP contribution in [0.1, 0.15) is 16.5 Å². The van der Waals surface area contributed by atoms with Crippen molar-refractivity contribution in [1.29, 1.82) is 0 Å². The van der Waals surface area contributed by atoms with Gasteiger partial charge in [-0.1, -0.05) is 11.6 Å². The van der Waals surface area contributed by atoms with Gasteiger partial charge in [0.25, 0.3) is 0 Å². The van der Waals surface area contributed by atoms with Crippen LogP contribution in [0, 0.1) is 6.92 Å². The fraction of sp³-hybridized carbons (Fsp3) is 0.400. The van der Waals surface area contributed by atoms with Crippen LogP contribution in [0.25, 0.3) is 0 Å². The topological polar surface area (TPSA) is 42.7 Å². The van der Waals surface area contributed by atoms with Crippen LogP contribution in [0.5, 0.6) is 0 Å². The van der Waals surface area contributed by atoms with Crippen molar-refractivity contribution < 1.29 is 0 Å². The molecule has 0 aliphatic rings. The Kier molecular flexibility index (Phi) is 3.58. The summed E-state index contributed by atoms with van der Waals surface area (Å²) in [6.45, 7) is 3.46. The van der Waals surface area contributed by atoms with Gasteiger partial charge in [-0.15, -0.1) is 11.3 Å². The Labute approximate surface area is 103 Å². The summed E-state index contributed by atoms with van der Waals surface area (Å²) in [6, 6.07) is 0. The average Bonchev–Trinajstić information content (AvgIpc) is 2.79. The molecular formula is C10H13ClN4S. The van der Waals surface area contributed by atoms with Gasteiger partial charge in [0.2, 0.25) is 0 Å². The molecule has 86 valence electrons. The predicted molar refractivity (Wildman–Crippen MR) is 65.6 cm³/mol. The van der Waals surface area contributed by atoms with Crippen molar-refractivity contribution in [3.05, 3.63) is 33.3 Å². The molecule has 0 amide bonds. The highest BCUT2D eigenvalue weighted by Crippen LogP contribution is 2.10. The van der Waals surface area contributed by atoms with Crippen LogP contribution < -0.4 is 5.32 Å². The Bertz CT molecular complexity index is 477. The Hall–Kier alpha value is -0.910. The van der Waals surface area contributed by atoms with Crippen LogP contribution in [0.15, 0.2) is 11.6 Å². The molecule has 0 atom stereocenters. The van der Waals surface area contributed by atoms with Gasteiger partial charge in [0.05, 0.1) is 12.7 Å². The SMILES string of the molecule is Cc1csc(CNCc2ncc(Cl)n2C)n1. The van der Waals surface area contributed by atoms with Crippen LogP contribution in [0.4, 0.5) is 0 Å². The lowest BCUT2D eigenvalue weighted by Crippen LogP contribution is -2.15. The van der Waals surface area contributed by atoms with E-state index in [9.17, 15) is 0 Å². The Morgan fingerprint density at radius 2 is 2.31 bits per heavy atom. The molecule has 4 nitrogen and oxygen atoms in total. The lowest BCUT2D eigenvalue weighted by Gasteiger charge is -2.03. The number of nitrogens with one attached hydrogen (secondary N) is 1. The standard InChI is InChI=1S/C10H13ClN4S/c1-7-6-16-10(14-7)5-12-4-9-13-3-8(11)15(9)2/h3,6,12H,4-5H2,1-2H3. The smallest absolute Gasteiger partial charge is 0.128 e. The summed E-state index contributed by atoms with van der Waals surface area (Å²) in [5.74, 6) is 0.929. The van der Waals surface area contributed by atoms with Crippen LogP contribution in [0.2, 0.25) is 5.15 Å². The molecule has 0 radical (unpaired) electrons. The number of imidazole rings is 1. The number of thiazole rings is 1. The summed E-state index contributed by atoms with van der Waals surface area (Å²) < 4.78 is 1.86. The number of aromatic nitrogens is 3. The van der Waals surface area contributed by atoms with Gasteiger partial charge < -0.3 is 9.88 Å². The molecule has 0 spiro atoms. The summed E-state index contributed by atoms with van der Waals surface area (Å²) >= 11 is 7.56. The maximum atomic E-state index is 5.89. The lowest BCUT2D eigenvalue weighted by molar-refractivity contribution is 0.636. The molecule has 0 fully saturated rings. The van der Waals surface area contributed by atoms with E-state index in [-0.39, 0.29) is 0 Å². The molecule has 1 N–H and O–H groups in total. The minimum atomic E-state index is 0.655. The summed E-state index contributed by atoms with van der Waals surface area (Å²) in [7, 11) is 1.90. The third-order valence-corrected chi connectivity index (χ3v) is 3.57. The second-order valence-corrected chi connectivity index (χ2v) is 4.87. The number of halogens is 1. The van der Waals surface area contributed by atoms with Crippen LogP contribution in [-0.4, -0.2) is 14.5 Å². The van der Waals surface area contributed by atoms with E-state index in [1.54, 1.807) is 17.5 Å². The van der Waals surface area contributed by atoms with Crippen molar-refractivity contribution in [2.75, 3.05) is 0 Å². The number of hydrogen-bond donors (Lipinski definition) is 1. The molecule has 0 aromatic carbocycles. The average molecular weight is 257 g/mol. The van der Waals surface area contributed by atoms with Gasteiger partial charge in [-0.3, -0.25) is 0 Å². The molecule has 2 heterocycles. The first-order valence-corrected chi connectivity index (χ1v) is 6.20. The molecule has 0 saturated carbocycles. The van der Waals surface area contributed by atoms with E-state index in [0.717, 1.165) is 23.1 Å². The second-order valence-electron chi connectivity index (χ2n) is 3.54. The zero-order valence-corrected chi connectivity index (χ0v) is 10.8. The largest absolute Gasteiger partial charge is 0.321 e. The predicted octanol–water partition coefficient (Wildman–Crippen LogP) is 2.13. The third kappa shape index (κ3) is 2.61. The van der Waals surface area contributed by atoms with Gasteiger partial charge in [0.1, 0.15) is 16.0 Å². The fourth-order valence-corrected chi connectivity index (χ4v) is 2.24. The molecule has 0 unspecified atom stereocenters. The maximum Gasteiger partial charge on any atom is 0.128 e. The molecule has 0 aliphatic heterocycles. The van der Waals surface area contributed by atoms with Crippen molar-refractivity contribution in [2.45, 2.75) is 20.0 Å². The number of rotatable bonds is 4. The van der Waals surface area contributed by atoms with Gasteiger partial charge >= 0.3 is 0 Å². The molecule has 2 rings (SSSR count). The van der Waals surface area contributed by atoms with Gasteiger partial charge in [-0.2, -0.15) is 0 Å². The molecule has 6 heteroatoms. The number of aryl methyl sites for hydroxylation is 1. The van der Waals surface area contributed by atoms with Gasteiger partial charge in [-0.25, -0.2) is 9.97 Å². The number of nitrogens with zero attached hydrogens (tertiary/aromatic N) is 3. The van der Waals surface area contributed by atoms with Crippen molar-refractivity contribution in [1.82, 2.24) is 19.9 Å². The second kappa shape index (κ2) is 4.95. The lowest BCUT2D eigenvalue weighted by atomic mass is 10.5.